The summed E-state index contributed by atoms with van der Waals surface area (Å²) < 4.78 is 12.9. The number of benzene rings is 1. The number of aliphatic hydroxyl groups excluding tert-OH is 1. The molecule has 0 amide bonds. The molecule has 0 saturated carbocycles. The number of aliphatic hydroxyl groups is 1. The van der Waals surface area contributed by atoms with Gasteiger partial charge in [-0.1, -0.05) is 12.1 Å². The van der Waals surface area contributed by atoms with Crippen molar-refractivity contribution in [3.63, 3.8) is 0 Å². The Labute approximate surface area is 71.9 Å². The van der Waals surface area contributed by atoms with Gasteiger partial charge in [0.1, 0.15) is 5.82 Å². The number of hydrogen-bond donors (Lipinski definition) is 1. The van der Waals surface area contributed by atoms with E-state index < -0.39 is 6.10 Å². The summed E-state index contributed by atoms with van der Waals surface area (Å²) in [5, 5.41) is 9.10. The van der Waals surface area contributed by atoms with Gasteiger partial charge in [0.05, 0.1) is 6.10 Å². The van der Waals surface area contributed by atoms with E-state index in [-0.39, 0.29) is 5.82 Å². The monoisotopic (exact) mass is 168 g/mol. The van der Waals surface area contributed by atoms with Crippen molar-refractivity contribution in [2.24, 2.45) is 0 Å². The highest BCUT2D eigenvalue weighted by atomic mass is 19.1. The van der Waals surface area contributed by atoms with Crippen LogP contribution in [0.1, 0.15) is 18.1 Å². The van der Waals surface area contributed by atoms with Crippen LogP contribution in [0.5, 0.6) is 0 Å². The van der Waals surface area contributed by atoms with Crippen molar-refractivity contribution in [3.8, 4) is 0 Å². The first-order valence-corrected chi connectivity index (χ1v) is 4.03. The molecule has 1 rings (SSSR count). The van der Waals surface area contributed by atoms with Gasteiger partial charge in [-0.15, -0.1) is 0 Å². The number of halogens is 1. The second kappa shape index (κ2) is 3.68. The van der Waals surface area contributed by atoms with Gasteiger partial charge >= 0.3 is 0 Å². The highest BCUT2D eigenvalue weighted by molar-refractivity contribution is 5.27. The summed E-state index contributed by atoms with van der Waals surface area (Å²) in [5.74, 6) is -0.201. The third-order valence-electron chi connectivity index (χ3n) is 1.90. The van der Waals surface area contributed by atoms with Crippen molar-refractivity contribution in [1.82, 2.24) is 0 Å². The maximum atomic E-state index is 12.9. The predicted octanol–water partition coefficient (Wildman–Crippen LogP) is 2.06. The Hall–Kier alpha value is -0.890. The van der Waals surface area contributed by atoms with Gasteiger partial charge in [-0.25, -0.2) is 4.39 Å². The van der Waals surface area contributed by atoms with Gasteiger partial charge in [0.2, 0.25) is 0 Å². The fourth-order valence-electron chi connectivity index (χ4n) is 1.19. The highest BCUT2D eigenvalue weighted by Crippen LogP contribution is 2.13. The molecular weight excluding hydrogens is 155 g/mol. The minimum atomic E-state index is -0.412. The van der Waals surface area contributed by atoms with Crippen LogP contribution in [0, 0.1) is 12.7 Å². The molecule has 1 aromatic rings. The highest BCUT2D eigenvalue weighted by Gasteiger charge is 2.05. The van der Waals surface area contributed by atoms with Crippen LogP contribution < -0.4 is 0 Å². The molecule has 66 valence electrons. The van der Waals surface area contributed by atoms with Crippen molar-refractivity contribution in [3.05, 3.63) is 35.1 Å². The van der Waals surface area contributed by atoms with Crippen molar-refractivity contribution in [2.45, 2.75) is 26.4 Å². The summed E-state index contributed by atoms with van der Waals surface area (Å²) in [4.78, 5) is 0. The molecule has 0 saturated heterocycles. The van der Waals surface area contributed by atoms with Crippen LogP contribution in [0.2, 0.25) is 0 Å². The average Bonchev–Trinajstić information content (AvgIpc) is 1.98. The average molecular weight is 168 g/mol. The summed E-state index contributed by atoms with van der Waals surface area (Å²) in [6.45, 7) is 3.43. The lowest BCUT2D eigenvalue weighted by molar-refractivity contribution is 0.195. The fraction of sp³-hybridized carbons (Fsp3) is 0.400. The lowest BCUT2D eigenvalue weighted by Crippen LogP contribution is -2.06. The Bertz CT molecular complexity index is 269. The lowest BCUT2D eigenvalue weighted by Gasteiger charge is -2.07. The third-order valence-corrected chi connectivity index (χ3v) is 1.90. The maximum absolute atomic E-state index is 12.9. The minimum absolute atomic E-state index is 0.201. The Morgan fingerprint density at radius 3 is 2.75 bits per heavy atom. The van der Waals surface area contributed by atoms with Crippen molar-refractivity contribution in [2.75, 3.05) is 0 Å². The normalized spacial score (nSPS) is 13.0. The van der Waals surface area contributed by atoms with Crippen LogP contribution in [0.25, 0.3) is 0 Å². The molecule has 0 heterocycles. The minimum Gasteiger partial charge on any atom is -0.393 e. The van der Waals surface area contributed by atoms with Gasteiger partial charge in [-0.2, -0.15) is 0 Å². The zero-order chi connectivity index (χ0) is 9.14. The van der Waals surface area contributed by atoms with E-state index in [9.17, 15) is 4.39 Å². The van der Waals surface area contributed by atoms with Crippen LogP contribution in [0.15, 0.2) is 18.2 Å². The fourth-order valence-corrected chi connectivity index (χ4v) is 1.19. The lowest BCUT2D eigenvalue weighted by atomic mass is 10.0. The summed E-state index contributed by atoms with van der Waals surface area (Å²) in [7, 11) is 0. The second-order valence-electron chi connectivity index (χ2n) is 3.08. The molecule has 0 fully saturated rings. The molecule has 0 spiro atoms. The predicted molar refractivity (Wildman–Crippen MR) is 46.5 cm³/mol. The van der Waals surface area contributed by atoms with Gasteiger partial charge in [-0.3, -0.25) is 0 Å². The molecule has 0 aliphatic heterocycles. The van der Waals surface area contributed by atoms with Gasteiger partial charge < -0.3 is 5.11 Å². The van der Waals surface area contributed by atoms with Gasteiger partial charge in [0.25, 0.3) is 0 Å². The standard InChI is InChI=1S/C10H13FO/c1-7(12)6-9-4-3-5-10(11)8(9)2/h3-5,7,12H,6H2,1-2H3/t7-/m1/s1. The Morgan fingerprint density at radius 1 is 1.50 bits per heavy atom. The smallest absolute Gasteiger partial charge is 0.126 e. The zero-order valence-corrected chi connectivity index (χ0v) is 7.34. The van der Waals surface area contributed by atoms with E-state index in [1.54, 1.807) is 19.9 Å². The van der Waals surface area contributed by atoms with E-state index in [0.29, 0.717) is 12.0 Å². The van der Waals surface area contributed by atoms with Gasteiger partial charge in [-0.05, 0) is 37.5 Å². The molecule has 0 aliphatic rings. The maximum Gasteiger partial charge on any atom is 0.126 e. The number of rotatable bonds is 2. The van der Waals surface area contributed by atoms with Crippen LogP contribution >= 0.6 is 0 Å². The quantitative estimate of drug-likeness (QED) is 0.716. The van der Waals surface area contributed by atoms with Crippen molar-refractivity contribution < 1.29 is 9.50 Å². The molecule has 0 unspecified atom stereocenters. The molecule has 0 bridgehead atoms. The van der Waals surface area contributed by atoms with E-state index in [1.165, 1.54) is 6.07 Å². The second-order valence-corrected chi connectivity index (χ2v) is 3.08. The molecule has 1 nitrogen and oxygen atoms in total. The van der Waals surface area contributed by atoms with E-state index >= 15 is 0 Å². The number of hydrogen-bond acceptors (Lipinski definition) is 1. The largest absolute Gasteiger partial charge is 0.393 e. The van der Waals surface area contributed by atoms with Crippen molar-refractivity contribution >= 4 is 0 Å². The van der Waals surface area contributed by atoms with Crippen LogP contribution in [-0.4, -0.2) is 11.2 Å². The first kappa shape index (κ1) is 9.20. The molecule has 1 N–H and O–H groups in total. The topological polar surface area (TPSA) is 20.2 Å². The van der Waals surface area contributed by atoms with Gasteiger partial charge in [0.15, 0.2) is 0 Å². The summed E-state index contributed by atoms with van der Waals surface area (Å²) >= 11 is 0. The first-order valence-electron chi connectivity index (χ1n) is 4.03. The molecule has 0 aliphatic carbocycles. The Kier molecular flexibility index (Phi) is 2.82. The Morgan fingerprint density at radius 2 is 2.17 bits per heavy atom. The summed E-state index contributed by atoms with van der Waals surface area (Å²) in [6.07, 6.45) is 0.106. The SMILES string of the molecule is Cc1c(F)cccc1C[C@@H](C)O. The summed E-state index contributed by atoms with van der Waals surface area (Å²) in [5.41, 5.74) is 1.52. The van der Waals surface area contributed by atoms with Crippen molar-refractivity contribution in [1.29, 1.82) is 0 Å². The molecule has 2 heteroatoms. The van der Waals surface area contributed by atoms with E-state index in [0.717, 1.165) is 5.56 Å². The van der Waals surface area contributed by atoms with Crippen LogP contribution in [0.4, 0.5) is 4.39 Å². The molecular formula is C10H13FO. The van der Waals surface area contributed by atoms with E-state index in [1.807, 2.05) is 6.07 Å². The zero-order valence-electron chi connectivity index (χ0n) is 7.34. The van der Waals surface area contributed by atoms with Crippen LogP contribution in [-0.2, 0) is 6.42 Å². The third kappa shape index (κ3) is 2.05. The first-order chi connectivity index (χ1) is 5.61. The Balaban J connectivity index is 2.92. The van der Waals surface area contributed by atoms with Gasteiger partial charge in [0, 0.05) is 0 Å². The van der Waals surface area contributed by atoms with Crippen LogP contribution in [0.3, 0.4) is 0 Å². The molecule has 0 radical (unpaired) electrons. The van der Waals surface area contributed by atoms with E-state index in [4.69, 9.17) is 5.11 Å². The summed E-state index contributed by atoms with van der Waals surface area (Å²) in [6, 6.07) is 4.94. The van der Waals surface area contributed by atoms with E-state index in [2.05, 4.69) is 0 Å². The molecule has 0 aromatic heterocycles. The molecule has 12 heavy (non-hydrogen) atoms. The molecule has 1 atom stereocenters. The molecule has 1 aromatic carbocycles.